The molecule has 0 aliphatic carbocycles. The van der Waals surface area contributed by atoms with Crippen molar-refractivity contribution in [3.05, 3.63) is 132 Å². The summed E-state index contributed by atoms with van der Waals surface area (Å²) in [6.07, 6.45) is 0. The highest BCUT2D eigenvalue weighted by atomic mass is 79.9. The lowest BCUT2D eigenvalue weighted by Gasteiger charge is -2.12. The van der Waals surface area contributed by atoms with Crippen molar-refractivity contribution in [2.75, 3.05) is 0 Å². The van der Waals surface area contributed by atoms with E-state index in [1.807, 2.05) is 60.7 Å². The first kappa shape index (κ1) is 22.6. The van der Waals surface area contributed by atoms with Crippen molar-refractivity contribution in [2.24, 2.45) is 0 Å². The van der Waals surface area contributed by atoms with Crippen LogP contribution in [0.5, 0.6) is 0 Å². The SMILES string of the molecule is Brc1cccc2c3ccccc3n(-c3cccc(-c4nc(-c5ccccc5)nc(-c5ccccc5)n4)c3)c12. The Morgan fingerprint density at radius 1 is 0.474 bits per heavy atom. The highest BCUT2D eigenvalue weighted by molar-refractivity contribution is 9.10. The molecule has 38 heavy (non-hydrogen) atoms. The lowest BCUT2D eigenvalue weighted by atomic mass is 10.1. The minimum absolute atomic E-state index is 0.638. The van der Waals surface area contributed by atoms with Gasteiger partial charge in [-0.15, -0.1) is 0 Å². The first-order chi connectivity index (χ1) is 18.8. The molecule has 0 aliphatic rings. The van der Waals surface area contributed by atoms with Crippen molar-refractivity contribution in [2.45, 2.75) is 0 Å². The van der Waals surface area contributed by atoms with Crippen molar-refractivity contribution >= 4 is 37.7 Å². The van der Waals surface area contributed by atoms with Crippen molar-refractivity contribution in [3.8, 4) is 39.9 Å². The van der Waals surface area contributed by atoms with Gasteiger partial charge in [0.1, 0.15) is 0 Å². The average Bonchev–Trinajstić information content (AvgIpc) is 3.34. The molecule has 4 nitrogen and oxygen atoms in total. The highest BCUT2D eigenvalue weighted by Gasteiger charge is 2.16. The fraction of sp³-hybridized carbons (Fsp3) is 0. The van der Waals surface area contributed by atoms with Gasteiger partial charge >= 0.3 is 0 Å². The van der Waals surface area contributed by atoms with Gasteiger partial charge in [0, 0.05) is 37.6 Å². The Hall–Kier alpha value is -4.61. The van der Waals surface area contributed by atoms with E-state index < -0.39 is 0 Å². The largest absolute Gasteiger partial charge is 0.308 e. The molecule has 5 heteroatoms. The maximum Gasteiger partial charge on any atom is 0.164 e. The van der Waals surface area contributed by atoms with Gasteiger partial charge in [-0.05, 0) is 40.2 Å². The van der Waals surface area contributed by atoms with E-state index in [4.69, 9.17) is 15.0 Å². The van der Waals surface area contributed by atoms with E-state index in [0.717, 1.165) is 37.9 Å². The molecule has 0 aliphatic heterocycles. The lowest BCUT2D eigenvalue weighted by Crippen LogP contribution is -2.01. The van der Waals surface area contributed by atoms with Crippen LogP contribution >= 0.6 is 15.9 Å². The Kier molecular flexibility index (Phi) is 5.56. The fourth-order valence-corrected chi connectivity index (χ4v) is 5.51. The Labute approximate surface area is 228 Å². The van der Waals surface area contributed by atoms with E-state index in [1.165, 1.54) is 10.8 Å². The molecule has 0 N–H and O–H groups in total. The first-order valence-electron chi connectivity index (χ1n) is 12.4. The molecule has 0 radical (unpaired) electrons. The second-order valence-corrected chi connectivity index (χ2v) is 9.93. The molecule has 0 fully saturated rings. The van der Waals surface area contributed by atoms with E-state index in [2.05, 4.69) is 87.2 Å². The third kappa shape index (κ3) is 3.88. The van der Waals surface area contributed by atoms with Gasteiger partial charge in [0.25, 0.3) is 0 Å². The fourth-order valence-electron chi connectivity index (χ4n) is 4.97. The van der Waals surface area contributed by atoms with Crippen molar-refractivity contribution in [1.82, 2.24) is 19.5 Å². The number of rotatable bonds is 4. The van der Waals surface area contributed by atoms with Gasteiger partial charge in [-0.1, -0.05) is 103 Å². The van der Waals surface area contributed by atoms with Crippen LogP contribution in [-0.4, -0.2) is 19.5 Å². The smallest absolute Gasteiger partial charge is 0.164 e. The molecule has 2 heterocycles. The van der Waals surface area contributed by atoms with Gasteiger partial charge in [-0.25, -0.2) is 15.0 Å². The quantitative estimate of drug-likeness (QED) is 0.219. The van der Waals surface area contributed by atoms with Gasteiger partial charge in [-0.3, -0.25) is 0 Å². The Bertz CT molecular complexity index is 1870. The Balaban J connectivity index is 1.45. The Morgan fingerprint density at radius 3 is 1.68 bits per heavy atom. The van der Waals surface area contributed by atoms with Crippen LogP contribution < -0.4 is 0 Å². The van der Waals surface area contributed by atoms with Gasteiger partial charge < -0.3 is 4.57 Å². The zero-order valence-corrected chi connectivity index (χ0v) is 21.9. The number of para-hydroxylation sites is 2. The number of benzene rings is 5. The molecule has 180 valence electrons. The second-order valence-electron chi connectivity index (χ2n) is 9.08. The summed E-state index contributed by atoms with van der Waals surface area (Å²) < 4.78 is 3.35. The molecule has 0 unspecified atom stereocenters. The molecular weight excluding hydrogens is 532 g/mol. The number of aromatic nitrogens is 4. The van der Waals surface area contributed by atoms with E-state index in [0.29, 0.717) is 17.5 Å². The standard InChI is InChI=1S/C33H21BrN4/c34-28-19-10-18-27-26-17-7-8-20-29(26)38(30(27)28)25-16-9-15-24(21-25)33-36-31(22-11-3-1-4-12-22)35-32(37-33)23-13-5-2-6-14-23/h1-21H. The molecule has 0 bridgehead atoms. The summed E-state index contributed by atoms with van der Waals surface area (Å²) in [5.41, 5.74) is 6.17. The molecule has 2 aromatic heterocycles. The topological polar surface area (TPSA) is 43.6 Å². The Morgan fingerprint density at radius 2 is 1.00 bits per heavy atom. The van der Waals surface area contributed by atoms with Crippen LogP contribution in [0.15, 0.2) is 132 Å². The number of fused-ring (bicyclic) bond motifs is 3. The number of hydrogen-bond donors (Lipinski definition) is 0. The molecule has 5 aromatic carbocycles. The van der Waals surface area contributed by atoms with Gasteiger partial charge in [-0.2, -0.15) is 0 Å². The summed E-state index contributed by atoms with van der Waals surface area (Å²) in [5, 5.41) is 2.42. The molecular formula is C33H21BrN4. The van der Waals surface area contributed by atoms with Crippen LogP contribution in [0.4, 0.5) is 0 Å². The van der Waals surface area contributed by atoms with Crippen molar-refractivity contribution in [1.29, 1.82) is 0 Å². The minimum atomic E-state index is 0.638. The lowest BCUT2D eigenvalue weighted by molar-refractivity contribution is 1.07. The molecule has 0 spiro atoms. The average molecular weight is 553 g/mol. The van der Waals surface area contributed by atoms with Crippen LogP contribution in [0, 0.1) is 0 Å². The predicted molar refractivity (Wildman–Crippen MR) is 158 cm³/mol. The van der Waals surface area contributed by atoms with E-state index >= 15 is 0 Å². The molecule has 0 saturated heterocycles. The maximum absolute atomic E-state index is 4.92. The normalized spacial score (nSPS) is 11.3. The van der Waals surface area contributed by atoms with Crippen LogP contribution in [0.3, 0.4) is 0 Å². The zero-order valence-electron chi connectivity index (χ0n) is 20.3. The summed E-state index contributed by atoms with van der Waals surface area (Å²) in [4.78, 5) is 14.7. The van der Waals surface area contributed by atoms with E-state index in [-0.39, 0.29) is 0 Å². The van der Waals surface area contributed by atoms with E-state index in [9.17, 15) is 0 Å². The first-order valence-corrected chi connectivity index (χ1v) is 13.2. The summed E-state index contributed by atoms with van der Waals surface area (Å²) in [7, 11) is 0. The summed E-state index contributed by atoms with van der Waals surface area (Å²) in [5.74, 6) is 1.94. The second kappa shape index (κ2) is 9.36. The van der Waals surface area contributed by atoms with E-state index in [1.54, 1.807) is 0 Å². The molecule has 0 atom stereocenters. The molecule has 0 saturated carbocycles. The number of halogens is 1. The van der Waals surface area contributed by atoms with Crippen molar-refractivity contribution < 1.29 is 0 Å². The molecule has 7 aromatic rings. The third-order valence-electron chi connectivity index (χ3n) is 6.71. The third-order valence-corrected chi connectivity index (χ3v) is 7.35. The maximum atomic E-state index is 4.92. The zero-order chi connectivity index (χ0) is 25.5. The minimum Gasteiger partial charge on any atom is -0.308 e. The van der Waals surface area contributed by atoms with Crippen LogP contribution in [-0.2, 0) is 0 Å². The monoisotopic (exact) mass is 552 g/mol. The van der Waals surface area contributed by atoms with Gasteiger partial charge in [0.15, 0.2) is 17.5 Å². The number of nitrogens with zero attached hydrogens (tertiary/aromatic N) is 4. The summed E-state index contributed by atoms with van der Waals surface area (Å²) in [6, 6.07) is 43.4. The summed E-state index contributed by atoms with van der Waals surface area (Å²) in [6.45, 7) is 0. The van der Waals surface area contributed by atoms with Crippen molar-refractivity contribution in [3.63, 3.8) is 0 Å². The van der Waals surface area contributed by atoms with Crippen LogP contribution in [0.1, 0.15) is 0 Å². The predicted octanol–water partition coefficient (Wildman–Crippen LogP) is 8.73. The summed E-state index contributed by atoms with van der Waals surface area (Å²) >= 11 is 3.80. The molecule has 7 rings (SSSR count). The van der Waals surface area contributed by atoms with Gasteiger partial charge in [0.05, 0.1) is 11.0 Å². The van der Waals surface area contributed by atoms with Crippen LogP contribution in [0.2, 0.25) is 0 Å². The molecule has 0 amide bonds. The highest BCUT2D eigenvalue weighted by Crippen LogP contribution is 2.36. The van der Waals surface area contributed by atoms with Gasteiger partial charge in [0.2, 0.25) is 0 Å². The van der Waals surface area contributed by atoms with Crippen LogP contribution in [0.25, 0.3) is 61.7 Å². The number of hydrogen-bond acceptors (Lipinski definition) is 3.